The van der Waals surface area contributed by atoms with E-state index in [4.69, 9.17) is 4.42 Å². The topological polar surface area (TPSA) is 53.7 Å². The maximum absolute atomic E-state index is 12.9. The number of aliphatic hydroxyl groups is 1. The van der Waals surface area contributed by atoms with Crippen LogP contribution in [0.4, 0.5) is 4.39 Å². The minimum atomic E-state index is -0.464. The predicted molar refractivity (Wildman–Crippen MR) is 75.2 cm³/mol. The Morgan fingerprint density at radius 2 is 2.00 bits per heavy atom. The molecule has 0 radical (unpaired) electrons. The first kappa shape index (κ1) is 13.8. The fourth-order valence-corrected chi connectivity index (χ4v) is 2.52. The minimum absolute atomic E-state index is 0.220. The molecule has 0 spiro atoms. The maximum atomic E-state index is 12.9. The Morgan fingerprint density at radius 1 is 1.24 bits per heavy atom. The van der Waals surface area contributed by atoms with Crippen molar-refractivity contribution in [3.63, 3.8) is 0 Å². The first-order valence-corrected chi connectivity index (χ1v) is 6.96. The number of amides is 1. The van der Waals surface area contributed by atoms with Crippen LogP contribution in [0.2, 0.25) is 0 Å². The largest absolute Gasteiger partial charge is 0.451 e. The third kappa shape index (κ3) is 2.97. The summed E-state index contributed by atoms with van der Waals surface area (Å²) in [6.07, 6.45) is 1.05. The van der Waals surface area contributed by atoms with Crippen molar-refractivity contribution in [2.45, 2.75) is 18.9 Å². The van der Waals surface area contributed by atoms with Crippen molar-refractivity contribution in [3.05, 3.63) is 48.0 Å². The van der Waals surface area contributed by atoms with Gasteiger partial charge in [0, 0.05) is 18.7 Å². The third-order valence-electron chi connectivity index (χ3n) is 3.63. The Hall–Kier alpha value is -2.14. The van der Waals surface area contributed by atoms with E-state index < -0.39 is 6.10 Å². The van der Waals surface area contributed by atoms with Crippen LogP contribution in [0.5, 0.6) is 0 Å². The van der Waals surface area contributed by atoms with Crippen molar-refractivity contribution < 1.29 is 18.7 Å². The van der Waals surface area contributed by atoms with Crippen molar-refractivity contribution >= 4 is 5.91 Å². The van der Waals surface area contributed by atoms with Crippen LogP contribution in [0, 0.1) is 5.82 Å². The summed E-state index contributed by atoms with van der Waals surface area (Å²) in [6.45, 7) is 0.966. The molecule has 0 bridgehead atoms. The van der Waals surface area contributed by atoms with Gasteiger partial charge in [-0.05, 0) is 49.2 Å². The molecule has 1 amide bonds. The molecule has 1 fully saturated rings. The molecule has 1 N–H and O–H groups in total. The normalized spacial score (nSPS) is 18.8. The van der Waals surface area contributed by atoms with Gasteiger partial charge in [-0.1, -0.05) is 0 Å². The number of hydrogen-bond donors (Lipinski definition) is 1. The molecule has 1 aromatic heterocycles. The number of β-amino-alcohol motifs (C(OH)–C–C–N with tert-alkyl or cyclic N) is 1. The van der Waals surface area contributed by atoms with Crippen LogP contribution in [0.25, 0.3) is 11.3 Å². The highest BCUT2D eigenvalue weighted by Gasteiger charge is 2.25. The van der Waals surface area contributed by atoms with Gasteiger partial charge in [0.25, 0.3) is 5.91 Å². The number of benzene rings is 1. The third-order valence-corrected chi connectivity index (χ3v) is 3.63. The van der Waals surface area contributed by atoms with Crippen LogP contribution in [-0.2, 0) is 0 Å². The summed E-state index contributed by atoms with van der Waals surface area (Å²) in [5.41, 5.74) is 0.717. The number of rotatable bonds is 2. The molecular formula is C16H16FNO3. The number of carbonyl (C=O) groups is 1. The second kappa shape index (κ2) is 5.69. The summed E-state index contributed by atoms with van der Waals surface area (Å²) < 4.78 is 18.5. The zero-order chi connectivity index (χ0) is 14.8. The lowest BCUT2D eigenvalue weighted by Crippen LogP contribution is -2.42. The minimum Gasteiger partial charge on any atom is -0.451 e. The number of carbonyl (C=O) groups excluding carboxylic acids is 1. The Labute approximate surface area is 121 Å². The standard InChI is InChI=1S/C16H16FNO3/c17-12-5-3-11(4-6-12)14-7-8-15(21-14)16(20)18-9-1-2-13(19)10-18/h3-8,13,19H,1-2,9-10H2. The Bertz CT molecular complexity index is 635. The molecule has 2 aromatic rings. The number of nitrogens with zero attached hydrogens (tertiary/aromatic N) is 1. The molecule has 3 rings (SSSR count). The lowest BCUT2D eigenvalue weighted by Gasteiger charge is -2.29. The van der Waals surface area contributed by atoms with E-state index in [2.05, 4.69) is 0 Å². The van der Waals surface area contributed by atoms with E-state index in [-0.39, 0.29) is 17.5 Å². The molecule has 1 aliphatic rings. The lowest BCUT2D eigenvalue weighted by molar-refractivity contribution is 0.0449. The Balaban J connectivity index is 1.78. The van der Waals surface area contributed by atoms with E-state index in [1.165, 1.54) is 12.1 Å². The van der Waals surface area contributed by atoms with Gasteiger partial charge in [0.15, 0.2) is 5.76 Å². The van der Waals surface area contributed by atoms with Crippen LogP contribution in [0.1, 0.15) is 23.4 Å². The zero-order valence-corrected chi connectivity index (χ0v) is 11.5. The number of halogens is 1. The van der Waals surface area contributed by atoms with Crippen molar-refractivity contribution in [2.24, 2.45) is 0 Å². The highest BCUT2D eigenvalue weighted by Crippen LogP contribution is 2.24. The van der Waals surface area contributed by atoms with Crippen LogP contribution in [0.15, 0.2) is 40.8 Å². The van der Waals surface area contributed by atoms with Crippen molar-refractivity contribution in [1.29, 1.82) is 0 Å². The second-order valence-corrected chi connectivity index (χ2v) is 5.22. The van der Waals surface area contributed by atoms with Crippen LogP contribution < -0.4 is 0 Å². The first-order valence-electron chi connectivity index (χ1n) is 6.96. The van der Waals surface area contributed by atoms with E-state index in [0.717, 1.165) is 12.8 Å². The van der Waals surface area contributed by atoms with Crippen LogP contribution >= 0.6 is 0 Å². The summed E-state index contributed by atoms with van der Waals surface area (Å²) in [6, 6.07) is 9.21. The van der Waals surface area contributed by atoms with Gasteiger partial charge in [-0.3, -0.25) is 4.79 Å². The molecule has 1 atom stereocenters. The summed E-state index contributed by atoms with van der Waals surface area (Å²) in [5, 5.41) is 9.62. The summed E-state index contributed by atoms with van der Waals surface area (Å²) in [4.78, 5) is 13.9. The van der Waals surface area contributed by atoms with Crippen LogP contribution in [-0.4, -0.2) is 35.1 Å². The molecule has 5 heteroatoms. The molecule has 1 aromatic carbocycles. The van der Waals surface area contributed by atoms with Gasteiger partial charge in [0.1, 0.15) is 11.6 Å². The Morgan fingerprint density at radius 3 is 2.71 bits per heavy atom. The highest BCUT2D eigenvalue weighted by atomic mass is 19.1. The Kier molecular flexibility index (Phi) is 3.75. The molecular weight excluding hydrogens is 273 g/mol. The van der Waals surface area contributed by atoms with Crippen molar-refractivity contribution in [1.82, 2.24) is 4.90 Å². The molecule has 1 unspecified atom stereocenters. The molecule has 0 saturated carbocycles. The number of furan rings is 1. The van der Waals surface area contributed by atoms with Gasteiger partial charge in [0.05, 0.1) is 6.10 Å². The monoisotopic (exact) mass is 289 g/mol. The van der Waals surface area contributed by atoms with Gasteiger partial charge in [-0.2, -0.15) is 0 Å². The van der Waals surface area contributed by atoms with E-state index in [9.17, 15) is 14.3 Å². The molecule has 2 heterocycles. The van der Waals surface area contributed by atoms with Crippen molar-refractivity contribution in [3.8, 4) is 11.3 Å². The quantitative estimate of drug-likeness (QED) is 0.924. The molecule has 1 aliphatic heterocycles. The van der Waals surface area contributed by atoms with Gasteiger partial charge in [-0.15, -0.1) is 0 Å². The average Bonchev–Trinajstić information content (AvgIpc) is 2.97. The zero-order valence-electron chi connectivity index (χ0n) is 11.5. The first-order chi connectivity index (χ1) is 10.1. The van der Waals surface area contributed by atoms with Gasteiger partial charge >= 0.3 is 0 Å². The summed E-state index contributed by atoms with van der Waals surface area (Å²) in [7, 11) is 0. The second-order valence-electron chi connectivity index (χ2n) is 5.22. The molecule has 1 saturated heterocycles. The molecule has 4 nitrogen and oxygen atoms in total. The fraction of sp³-hybridized carbons (Fsp3) is 0.312. The summed E-state index contributed by atoms with van der Waals surface area (Å²) in [5.74, 6) is 0.227. The lowest BCUT2D eigenvalue weighted by atomic mass is 10.1. The SMILES string of the molecule is O=C(c1ccc(-c2ccc(F)cc2)o1)N1CCCC(O)C1. The summed E-state index contributed by atoms with van der Waals surface area (Å²) >= 11 is 0. The van der Waals surface area contributed by atoms with E-state index in [1.807, 2.05) is 0 Å². The number of aliphatic hydroxyl groups excluding tert-OH is 1. The van der Waals surface area contributed by atoms with E-state index in [1.54, 1.807) is 29.2 Å². The number of piperidine rings is 1. The van der Waals surface area contributed by atoms with Crippen molar-refractivity contribution in [2.75, 3.05) is 13.1 Å². The number of hydrogen-bond acceptors (Lipinski definition) is 3. The average molecular weight is 289 g/mol. The molecule has 0 aliphatic carbocycles. The van der Waals surface area contributed by atoms with Gasteiger partial charge in [0.2, 0.25) is 0 Å². The molecule has 110 valence electrons. The predicted octanol–water partition coefficient (Wildman–Crippen LogP) is 2.68. The smallest absolute Gasteiger partial charge is 0.289 e. The van der Waals surface area contributed by atoms with Gasteiger partial charge in [-0.25, -0.2) is 4.39 Å². The van der Waals surface area contributed by atoms with Crippen LogP contribution in [0.3, 0.4) is 0 Å². The van der Waals surface area contributed by atoms with E-state index in [0.29, 0.717) is 24.4 Å². The van der Waals surface area contributed by atoms with E-state index >= 15 is 0 Å². The fourth-order valence-electron chi connectivity index (χ4n) is 2.52. The van der Waals surface area contributed by atoms with Gasteiger partial charge < -0.3 is 14.4 Å². The maximum Gasteiger partial charge on any atom is 0.289 e. The molecule has 21 heavy (non-hydrogen) atoms. The number of likely N-dealkylation sites (tertiary alicyclic amines) is 1. The highest BCUT2D eigenvalue weighted by molar-refractivity contribution is 5.92.